The van der Waals surface area contributed by atoms with Gasteiger partial charge in [0.2, 0.25) is 0 Å². The highest BCUT2D eigenvalue weighted by atomic mass is 35.5. The second-order valence-corrected chi connectivity index (χ2v) is 16.1. The van der Waals surface area contributed by atoms with Crippen LogP contribution in [0.25, 0.3) is 0 Å². The normalized spacial score (nSPS) is 20.2. The Morgan fingerprint density at radius 1 is 0.962 bits per heavy atom. The molecule has 13 heteroatoms. The van der Waals surface area contributed by atoms with Crippen molar-refractivity contribution < 1.29 is 39.0 Å². The molecule has 0 amide bonds. The zero-order valence-electron chi connectivity index (χ0n) is 29.7. The monoisotopic (exact) mass is 781 g/mol. The summed E-state index contributed by atoms with van der Waals surface area (Å²) in [4.78, 5) is 34.1. The minimum absolute atomic E-state index is 0. The number of hydrogen-bond acceptors (Lipinski definition) is 10. The molecule has 1 saturated carbocycles. The maximum absolute atomic E-state index is 13.8. The fourth-order valence-corrected chi connectivity index (χ4v) is 8.33. The third kappa shape index (κ3) is 9.70. The molecule has 2 aromatic heterocycles. The summed E-state index contributed by atoms with van der Waals surface area (Å²) in [5, 5.41) is 4.28. The Morgan fingerprint density at radius 3 is 2.36 bits per heavy atom. The number of aromatic amines is 1. The van der Waals surface area contributed by atoms with Gasteiger partial charge in [0.1, 0.15) is 27.1 Å². The summed E-state index contributed by atoms with van der Waals surface area (Å²) in [7, 11) is 1.60. The van der Waals surface area contributed by atoms with Crippen LogP contribution in [0, 0.1) is 11.3 Å². The minimum atomic E-state index is -0.726. The minimum Gasteiger partial charge on any atom is -0.870 e. The van der Waals surface area contributed by atoms with E-state index in [2.05, 4.69) is 15.2 Å². The van der Waals surface area contributed by atoms with E-state index in [-0.39, 0.29) is 23.3 Å². The van der Waals surface area contributed by atoms with Crippen LogP contribution in [-0.4, -0.2) is 62.3 Å². The van der Waals surface area contributed by atoms with Crippen LogP contribution in [0.5, 0.6) is 11.5 Å². The Balaban J connectivity index is 0.00000481. The number of H-pyrrole nitrogens is 1. The molecule has 5 heterocycles. The highest BCUT2D eigenvalue weighted by molar-refractivity contribution is 7.13. The number of halogens is 2. The topological polar surface area (TPSA) is 130 Å². The first-order valence-corrected chi connectivity index (χ1v) is 19.5. The molecular formula is C40H45Cl2N3O7S. The first kappa shape index (κ1) is 39.0. The van der Waals surface area contributed by atoms with Crippen molar-refractivity contribution in [1.29, 1.82) is 0 Å². The summed E-state index contributed by atoms with van der Waals surface area (Å²) in [6.07, 6.45) is 8.31. The van der Waals surface area contributed by atoms with Crippen LogP contribution < -0.4 is 19.8 Å². The van der Waals surface area contributed by atoms with Gasteiger partial charge >= 0.3 is 11.9 Å². The van der Waals surface area contributed by atoms with E-state index >= 15 is 0 Å². The molecule has 3 N–H and O–H groups in total. The number of esters is 2. The fraction of sp³-hybridized carbons (Fsp3) is 0.425. The van der Waals surface area contributed by atoms with Gasteiger partial charge in [0.25, 0.3) is 0 Å². The number of thiophene rings is 1. The molecule has 53 heavy (non-hydrogen) atoms. The highest BCUT2D eigenvalue weighted by Crippen LogP contribution is 2.41. The van der Waals surface area contributed by atoms with E-state index in [1.54, 1.807) is 25.6 Å². The number of piperidine rings is 3. The van der Waals surface area contributed by atoms with Gasteiger partial charge in [-0.15, -0.1) is 11.3 Å². The lowest BCUT2D eigenvalue weighted by atomic mass is 9.73. The molecule has 2 bridgehead atoms. The Kier molecular flexibility index (Phi) is 13.0. The molecule has 2 atom stereocenters. The average Bonchev–Trinajstić information content (AvgIpc) is 3.89. The molecule has 8 rings (SSSR count). The number of methoxy groups -OCH3 is 1. The molecule has 4 aliphatic rings. The molecule has 2 aromatic carbocycles. The largest absolute Gasteiger partial charge is 0.870 e. The molecule has 4 fully saturated rings. The lowest BCUT2D eigenvalue weighted by Gasteiger charge is -2.48. The smallest absolute Gasteiger partial charge is 0.348 e. The van der Waals surface area contributed by atoms with Gasteiger partial charge in [-0.3, -0.25) is 5.32 Å². The van der Waals surface area contributed by atoms with Crippen LogP contribution in [0.3, 0.4) is 0 Å². The van der Waals surface area contributed by atoms with Gasteiger partial charge < -0.3 is 29.3 Å². The van der Waals surface area contributed by atoms with E-state index in [0.29, 0.717) is 57.7 Å². The fourth-order valence-electron chi connectivity index (χ4n) is 6.96. The van der Waals surface area contributed by atoms with Gasteiger partial charge in [-0.05, 0) is 93.0 Å². The van der Waals surface area contributed by atoms with Crippen LogP contribution in [-0.2, 0) is 27.2 Å². The molecule has 0 radical (unpaired) electrons. The maximum Gasteiger partial charge on any atom is 0.348 e. The van der Waals surface area contributed by atoms with Gasteiger partial charge in [-0.1, -0.05) is 59.6 Å². The molecule has 4 aromatic rings. The Morgan fingerprint density at radius 2 is 1.68 bits per heavy atom. The Hall–Kier alpha value is -3.71. The van der Waals surface area contributed by atoms with Crippen LogP contribution in [0.15, 0.2) is 73.1 Å². The van der Waals surface area contributed by atoms with Gasteiger partial charge in [-0.2, -0.15) is 0 Å². The predicted molar refractivity (Wildman–Crippen MR) is 202 cm³/mol. The number of pyridine rings is 1. The summed E-state index contributed by atoms with van der Waals surface area (Å²) < 4.78 is 23.9. The van der Waals surface area contributed by atoms with Crippen LogP contribution >= 0.6 is 34.5 Å². The maximum atomic E-state index is 13.8. The van der Waals surface area contributed by atoms with E-state index < -0.39 is 18.1 Å². The predicted octanol–water partition coefficient (Wildman–Crippen LogP) is 7.49. The number of carbonyl (C=O) groups is 2. The summed E-state index contributed by atoms with van der Waals surface area (Å²) in [6.45, 7) is 4.63. The van der Waals surface area contributed by atoms with Crippen molar-refractivity contribution in [3.8, 4) is 11.5 Å². The van der Waals surface area contributed by atoms with Crippen molar-refractivity contribution in [3.05, 3.63) is 110 Å². The number of nitrogens with zero attached hydrogens (tertiary/aromatic N) is 1. The second-order valence-electron chi connectivity index (χ2n) is 14.1. The first-order valence-electron chi connectivity index (χ1n) is 17.9. The third-order valence-electron chi connectivity index (χ3n) is 10.5. The molecule has 282 valence electrons. The molecule has 3 aliphatic heterocycles. The lowest BCUT2D eigenvalue weighted by molar-refractivity contribution is -0.377. The van der Waals surface area contributed by atoms with E-state index in [0.717, 1.165) is 67.7 Å². The van der Waals surface area contributed by atoms with E-state index in [1.807, 2.05) is 54.6 Å². The summed E-state index contributed by atoms with van der Waals surface area (Å²) in [5.41, 5.74) is 2.29. The number of carbonyl (C=O) groups excluding carboxylic acids is 2. The molecule has 0 spiro atoms. The lowest BCUT2D eigenvalue weighted by Crippen LogP contribution is -2.50. The number of rotatable bonds is 16. The van der Waals surface area contributed by atoms with Crippen molar-refractivity contribution in [2.45, 2.75) is 57.2 Å². The number of ether oxygens (including phenoxy) is 4. The second kappa shape index (κ2) is 17.6. The van der Waals surface area contributed by atoms with Gasteiger partial charge in [0.05, 0.1) is 20.3 Å². The number of fused-ring (bicyclic) bond motifs is 3. The van der Waals surface area contributed by atoms with Crippen molar-refractivity contribution in [2.75, 3.05) is 40.0 Å². The Bertz CT molecular complexity index is 1830. The number of benzene rings is 2. The standard InChI is InChI=1S/C40H43Cl2N3O6S.H2O/c1-48-33-11-9-28(19-35(33)49-24-26-7-8-26)34(20-30-31(41)22-43-23-32(30)42)51-38(46)36-12-10-29(52-36)21-44-37(27-5-3-2-4-6-27)39(47)50-25-40-13-16-45(17-14-40)18-15-40;/h2-6,9-12,19,22-23,26,34,37,44H,7-8,13-18,20-21,24-25H2,1H3;1H2. The Labute approximate surface area is 324 Å². The van der Waals surface area contributed by atoms with E-state index in [4.69, 9.17) is 42.1 Å². The number of aromatic nitrogens is 1. The third-order valence-corrected chi connectivity index (χ3v) is 12.2. The van der Waals surface area contributed by atoms with Crippen molar-refractivity contribution in [2.24, 2.45) is 11.3 Å². The zero-order chi connectivity index (χ0) is 36.1. The van der Waals surface area contributed by atoms with Crippen molar-refractivity contribution in [3.63, 3.8) is 0 Å². The first-order chi connectivity index (χ1) is 25.3. The summed E-state index contributed by atoms with van der Waals surface area (Å²) in [6, 6.07) is 18.1. The quantitative estimate of drug-likeness (QED) is 0.115. The summed E-state index contributed by atoms with van der Waals surface area (Å²) >= 11 is 14.4. The van der Waals surface area contributed by atoms with Crippen LogP contribution in [0.4, 0.5) is 0 Å². The molecule has 10 nitrogen and oxygen atoms in total. The molecule has 3 saturated heterocycles. The molecule has 2 unspecified atom stereocenters. The van der Waals surface area contributed by atoms with Gasteiger partial charge in [0.15, 0.2) is 23.9 Å². The average molecular weight is 783 g/mol. The summed E-state index contributed by atoms with van der Waals surface area (Å²) in [5.74, 6) is 0.969. The number of nitrogens with one attached hydrogen (secondary N) is 2. The van der Waals surface area contributed by atoms with E-state index in [1.165, 1.54) is 11.3 Å². The van der Waals surface area contributed by atoms with Crippen LogP contribution in [0.2, 0.25) is 10.0 Å². The van der Waals surface area contributed by atoms with Gasteiger partial charge in [-0.25, -0.2) is 14.6 Å². The zero-order valence-corrected chi connectivity index (χ0v) is 32.0. The SMILES string of the molecule is COc1ccc(C(Cc2c(Cl)c[nH+]cc2Cl)OC(=O)c2ccc(CNC(C(=O)OCC34CCN(CC3)CC4)c3ccccc3)s2)cc1OCC1CC1.[OH-]. The van der Waals surface area contributed by atoms with Crippen molar-refractivity contribution in [1.82, 2.24) is 10.2 Å². The highest BCUT2D eigenvalue weighted by Gasteiger charge is 2.41. The van der Waals surface area contributed by atoms with Crippen LogP contribution in [0.1, 0.15) is 75.5 Å². The van der Waals surface area contributed by atoms with Gasteiger partial charge in [0, 0.05) is 28.8 Å². The van der Waals surface area contributed by atoms with Crippen molar-refractivity contribution >= 4 is 46.5 Å². The number of hydrogen-bond donors (Lipinski definition) is 1. The van der Waals surface area contributed by atoms with E-state index in [9.17, 15) is 9.59 Å². The molecule has 1 aliphatic carbocycles. The molecular weight excluding hydrogens is 737 g/mol.